The highest BCUT2D eigenvalue weighted by molar-refractivity contribution is 7.98. The van der Waals surface area contributed by atoms with Crippen LogP contribution in [0.3, 0.4) is 0 Å². The summed E-state index contributed by atoms with van der Waals surface area (Å²) < 4.78 is 5.78. The Bertz CT molecular complexity index is 880. The van der Waals surface area contributed by atoms with Crippen LogP contribution in [0, 0.1) is 16.0 Å². The van der Waals surface area contributed by atoms with E-state index in [-0.39, 0.29) is 11.5 Å². The van der Waals surface area contributed by atoms with E-state index in [9.17, 15) is 10.1 Å². The minimum atomic E-state index is -0.446. The smallest absolute Gasteiger partial charge is 0.274 e. The van der Waals surface area contributed by atoms with E-state index in [0.29, 0.717) is 24.9 Å². The predicted molar refractivity (Wildman–Crippen MR) is 119 cm³/mol. The van der Waals surface area contributed by atoms with Crippen LogP contribution < -0.4 is 5.32 Å². The monoisotopic (exact) mass is 429 g/mol. The van der Waals surface area contributed by atoms with Crippen molar-refractivity contribution in [2.75, 3.05) is 18.9 Å². The van der Waals surface area contributed by atoms with Gasteiger partial charge in [-0.2, -0.15) is 11.8 Å². The summed E-state index contributed by atoms with van der Waals surface area (Å²) in [7, 11) is 0. The Morgan fingerprint density at radius 2 is 2.23 bits per heavy atom. The molecule has 0 fully saturated rings. The number of nitrogens with one attached hydrogen (secondary N) is 1. The van der Waals surface area contributed by atoms with Crippen molar-refractivity contribution in [2.45, 2.75) is 32.1 Å². The summed E-state index contributed by atoms with van der Waals surface area (Å²) in [6.07, 6.45) is 10.2. The molecule has 0 aliphatic carbocycles. The largest absolute Gasteiger partial charge is 0.475 e. The number of thioether (sulfide) groups is 1. The van der Waals surface area contributed by atoms with Crippen LogP contribution >= 0.6 is 11.8 Å². The zero-order valence-electron chi connectivity index (χ0n) is 17.4. The fourth-order valence-electron chi connectivity index (χ4n) is 2.99. The maximum absolute atomic E-state index is 11.2. The molecule has 160 valence electrons. The number of rotatable bonds is 9. The Balaban J connectivity index is 1.63. The van der Waals surface area contributed by atoms with Crippen LogP contribution in [0.5, 0.6) is 0 Å². The molecule has 0 amide bonds. The Hall–Kier alpha value is -2.81. The number of nitrogens with zero attached hydrogens (tertiary/aromatic N) is 4. The molecule has 8 nitrogen and oxygen atoms in total. The molecule has 9 heteroatoms. The van der Waals surface area contributed by atoms with Crippen LogP contribution in [0.2, 0.25) is 0 Å². The maximum atomic E-state index is 11.2. The van der Waals surface area contributed by atoms with Gasteiger partial charge in [-0.3, -0.25) is 15.1 Å². The minimum absolute atomic E-state index is 0.113. The third-order valence-electron chi connectivity index (χ3n) is 4.59. The third kappa shape index (κ3) is 6.09. The first-order valence-corrected chi connectivity index (χ1v) is 11.0. The van der Waals surface area contributed by atoms with Crippen LogP contribution in [0.25, 0.3) is 0 Å². The zero-order valence-corrected chi connectivity index (χ0v) is 18.3. The number of ether oxygens (including phenoxy) is 1. The summed E-state index contributed by atoms with van der Waals surface area (Å²) in [5.41, 5.74) is 1.86. The van der Waals surface area contributed by atoms with Crippen molar-refractivity contribution in [2.24, 2.45) is 10.9 Å². The van der Waals surface area contributed by atoms with Crippen molar-refractivity contribution in [3.05, 3.63) is 76.3 Å². The van der Waals surface area contributed by atoms with E-state index in [1.54, 1.807) is 29.1 Å². The molecule has 1 aromatic rings. The molecule has 1 unspecified atom stereocenters. The lowest BCUT2D eigenvalue weighted by atomic mass is 9.99. The van der Waals surface area contributed by atoms with Crippen LogP contribution in [0.1, 0.15) is 26.3 Å². The quantitative estimate of drug-likeness (QED) is 0.365. The summed E-state index contributed by atoms with van der Waals surface area (Å²) >= 11 is 1.76. The molecule has 3 rings (SSSR count). The van der Waals surface area contributed by atoms with Crippen molar-refractivity contribution in [1.29, 1.82) is 0 Å². The van der Waals surface area contributed by atoms with Gasteiger partial charge in [0.15, 0.2) is 5.82 Å². The van der Waals surface area contributed by atoms with Gasteiger partial charge in [0.2, 0.25) is 5.90 Å². The fraction of sp³-hybridized carbons (Fsp3) is 0.429. The van der Waals surface area contributed by atoms with Gasteiger partial charge in [-0.1, -0.05) is 13.0 Å². The number of hydrogen-bond acceptors (Lipinski definition) is 8. The topological polar surface area (TPSA) is 92.9 Å². The van der Waals surface area contributed by atoms with Crippen molar-refractivity contribution >= 4 is 17.7 Å². The number of allylic oxidation sites excluding steroid dienone is 1. The van der Waals surface area contributed by atoms with Crippen LogP contribution in [-0.2, 0) is 10.5 Å². The highest BCUT2D eigenvalue weighted by atomic mass is 32.2. The van der Waals surface area contributed by atoms with Gasteiger partial charge in [-0.25, -0.2) is 4.99 Å². The average Bonchev–Trinajstić information content (AvgIpc) is 3.07. The van der Waals surface area contributed by atoms with E-state index in [1.807, 2.05) is 44.5 Å². The molecule has 0 saturated carbocycles. The summed E-state index contributed by atoms with van der Waals surface area (Å²) in [5.74, 6) is 2.81. The normalized spacial score (nSPS) is 20.4. The second-order valence-electron chi connectivity index (χ2n) is 7.77. The molecule has 0 spiro atoms. The molecule has 0 saturated heterocycles. The van der Waals surface area contributed by atoms with Crippen LogP contribution in [0.4, 0.5) is 0 Å². The molecule has 0 aromatic carbocycles. The zero-order chi connectivity index (χ0) is 21.6. The lowest BCUT2D eigenvalue weighted by Crippen LogP contribution is -2.30. The lowest BCUT2D eigenvalue weighted by Gasteiger charge is -2.26. The van der Waals surface area contributed by atoms with Gasteiger partial charge < -0.3 is 15.0 Å². The summed E-state index contributed by atoms with van der Waals surface area (Å²) in [6, 6.07) is 3.97. The molecule has 0 bridgehead atoms. The SMILES string of the molecule is CC1C=CN(/C(=C/[N+](=O)[O-])NCCSCc2ccncc2)C=C1C1=NC(C)(C)CO1. The van der Waals surface area contributed by atoms with Gasteiger partial charge >= 0.3 is 0 Å². The highest BCUT2D eigenvalue weighted by Crippen LogP contribution is 2.28. The molecule has 2 aliphatic rings. The van der Waals surface area contributed by atoms with Gasteiger partial charge in [-0.05, 0) is 31.5 Å². The summed E-state index contributed by atoms with van der Waals surface area (Å²) in [5, 5.41) is 14.4. The molecular weight excluding hydrogens is 402 g/mol. The average molecular weight is 430 g/mol. The van der Waals surface area contributed by atoms with E-state index in [1.165, 1.54) is 5.56 Å². The number of aliphatic imine (C=N–C) groups is 1. The second-order valence-corrected chi connectivity index (χ2v) is 8.88. The van der Waals surface area contributed by atoms with Crippen molar-refractivity contribution in [3.8, 4) is 0 Å². The Morgan fingerprint density at radius 3 is 2.90 bits per heavy atom. The second kappa shape index (κ2) is 9.80. The molecule has 1 atom stereocenters. The lowest BCUT2D eigenvalue weighted by molar-refractivity contribution is -0.404. The number of nitro groups is 1. The summed E-state index contributed by atoms with van der Waals surface area (Å²) in [4.78, 5) is 21.1. The first-order chi connectivity index (χ1) is 14.3. The molecule has 3 heterocycles. The van der Waals surface area contributed by atoms with Gasteiger partial charge in [-0.15, -0.1) is 0 Å². The van der Waals surface area contributed by atoms with E-state index in [2.05, 4.69) is 22.2 Å². The van der Waals surface area contributed by atoms with Crippen molar-refractivity contribution < 1.29 is 9.66 Å². The van der Waals surface area contributed by atoms with Gasteiger partial charge in [0.05, 0.1) is 10.5 Å². The highest BCUT2D eigenvalue weighted by Gasteiger charge is 2.31. The van der Waals surface area contributed by atoms with Crippen molar-refractivity contribution in [1.82, 2.24) is 15.2 Å². The van der Waals surface area contributed by atoms with Gasteiger partial charge in [0.1, 0.15) is 6.61 Å². The molecular formula is C21H27N5O3S. The van der Waals surface area contributed by atoms with Crippen LogP contribution in [0.15, 0.2) is 65.6 Å². The summed E-state index contributed by atoms with van der Waals surface area (Å²) in [6.45, 7) is 7.22. The Kier molecular flexibility index (Phi) is 7.15. The number of pyridine rings is 1. The maximum Gasteiger partial charge on any atom is 0.274 e. The molecule has 30 heavy (non-hydrogen) atoms. The van der Waals surface area contributed by atoms with Crippen LogP contribution in [-0.4, -0.2) is 45.1 Å². The Labute approximate surface area is 181 Å². The van der Waals surface area contributed by atoms with E-state index in [4.69, 9.17) is 4.74 Å². The molecule has 2 aliphatic heterocycles. The first-order valence-electron chi connectivity index (χ1n) is 9.81. The fourth-order valence-corrected chi connectivity index (χ4v) is 3.81. The minimum Gasteiger partial charge on any atom is -0.475 e. The molecule has 0 radical (unpaired) electrons. The third-order valence-corrected chi connectivity index (χ3v) is 5.62. The standard InChI is InChI=1S/C21H27N5O3S/c1-16-6-10-25(12-18(16)20-24-21(2,3)15-29-20)19(13-26(27)28)23-9-11-30-14-17-4-7-22-8-5-17/h4-8,10,12-13,16,23H,9,11,14-15H2,1-3H3/b19-13+. The van der Waals surface area contributed by atoms with Crippen molar-refractivity contribution in [3.63, 3.8) is 0 Å². The Morgan fingerprint density at radius 1 is 1.47 bits per heavy atom. The number of aromatic nitrogens is 1. The first kappa shape index (κ1) is 21.9. The van der Waals surface area contributed by atoms with E-state index in [0.717, 1.165) is 23.3 Å². The van der Waals surface area contributed by atoms with Gasteiger partial charge in [0.25, 0.3) is 6.20 Å². The molecule has 1 aromatic heterocycles. The van der Waals surface area contributed by atoms with Gasteiger partial charge in [0, 0.05) is 54.3 Å². The number of hydrogen-bond donors (Lipinski definition) is 1. The van der Waals surface area contributed by atoms with E-state index < -0.39 is 4.92 Å². The predicted octanol–water partition coefficient (Wildman–Crippen LogP) is 3.54. The molecule has 1 N–H and O–H groups in total. The van der Waals surface area contributed by atoms with E-state index >= 15 is 0 Å².